The summed E-state index contributed by atoms with van der Waals surface area (Å²) in [5, 5.41) is 19.6. The number of rotatable bonds is 20. The van der Waals surface area contributed by atoms with Crippen molar-refractivity contribution >= 4 is 72.7 Å². The molecule has 15 nitrogen and oxygen atoms in total. The Labute approximate surface area is 461 Å². The number of carbonyl (C=O) groups excluding carboxylic acids is 3. The van der Waals surface area contributed by atoms with Gasteiger partial charge in [-0.3, -0.25) is 23.6 Å². The highest BCUT2D eigenvalue weighted by Gasteiger charge is 2.53. The monoisotopic (exact) mass is 1140 g/mol. The maximum atomic E-state index is 14.9. The Morgan fingerprint density at radius 2 is 1.69 bits per heavy atom. The number of hydrogen-bond acceptors (Lipinski definition) is 11. The van der Waals surface area contributed by atoms with Gasteiger partial charge in [0.25, 0.3) is 11.5 Å². The number of fused-ring (bicyclic) bond motifs is 5. The number of benzene rings is 3. The van der Waals surface area contributed by atoms with Crippen LogP contribution in [0.4, 0.5) is 4.39 Å². The molecule has 3 amide bonds. The van der Waals surface area contributed by atoms with E-state index in [9.17, 15) is 28.7 Å². The van der Waals surface area contributed by atoms with E-state index in [1.807, 2.05) is 18.2 Å². The maximum Gasteiger partial charge on any atom is 0.283 e. The summed E-state index contributed by atoms with van der Waals surface area (Å²) in [6, 6.07) is 18.5. The zero-order valence-corrected chi connectivity index (χ0v) is 47.4. The van der Waals surface area contributed by atoms with Crippen LogP contribution in [0.5, 0.6) is 5.75 Å². The number of nitrogens with zero attached hydrogens (tertiary/aromatic N) is 5. The third-order valence-corrected chi connectivity index (χ3v) is 18.1. The summed E-state index contributed by atoms with van der Waals surface area (Å²) in [5.74, 6) is -0.0468. The fourth-order valence-corrected chi connectivity index (χ4v) is 13.4. The molecule has 2 aliphatic heterocycles. The third kappa shape index (κ3) is 11.7. The van der Waals surface area contributed by atoms with Crippen LogP contribution in [0, 0.1) is 12.3 Å². The number of methoxy groups -OCH3 is 1. The van der Waals surface area contributed by atoms with Crippen molar-refractivity contribution in [2.24, 2.45) is 5.41 Å². The molecule has 5 heterocycles. The summed E-state index contributed by atoms with van der Waals surface area (Å²) in [5.41, 5.74) is 4.14. The minimum absolute atomic E-state index is 0.0457. The number of aryl methyl sites for hydroxylation is 1. The molecule has 10 rings (SSSR count). The highest BCUT2D eigenvalue weighted by atomic mass is 79.9. The number of aliphatic hydroxyl groups is 1. The summed E-state index contributed by atoms with van der Waals surface area (Å²) in [6.07, 6.45) is 6.83. The molecule has 3 aromatic carbocycles. The van der Waals surface area contributed by atoms with E-state index in [1.165, 1.54) is 15.3 Å². The number of ether oxygens (including phenoxy) is 3. The molecule has 4 fully saturated rings. The predicted molar refractivity (Wildman–Crippen MR) is 301 cm³/mol. The van der Waals surface area contributed by atoms with Gasteiger partial charge < -0.3 is 44.3 Å². The molecule has 18 heteroatoms. The summed E-state index contributed by atoms with van der Waals surface area (Å²) in [4.78, 5) is 65.4. The SMILES string of the molecule is COCCOCCOc1cc2c(cc1C1CCN(CCC[C@H](NC(=O)[C@@H]3C[C@@H](O)CN3C(=O)[C@@H](NC(=O)C3(F)CC3)C(C)(C)C)c3ccc(-c4sccc4C)cc3)CC1)n(C1CCCC1)c1nc(=O)c3c(Br)cccc3n21. The zero-order valence-electron chi connectivity index (χ0n) is 45.0. The molecular formula is C59H73BrFN7O8S. The topological polar surface area (TPSA) is 169 Å². The second kappa shape index (κ2) is 23.2. The van der Waals surface area contributed by atoms with Crippen LogP contribution in [0.15, 0.2) is 75.3 Å². The quantitative estimate of drug-likeness (QED) is 0.0626. The number of piperidine rings is 1. The molecule has 4 atom stereocenters. The van der Waals surface area contributed by atoms with Gasteiger partial charge in [-0.1, -0.05) is 63.9 Å². The van der Waals surface area contributed by atoms with E-state index >= 15 is 0 Å². The number of alkyl halides is 1. The molecule has 3 aromatic heterocycles. The van der Waals surface area contributed by atoms with Crippen molar-refractivity contribution in [2.75, 3.05) is 59.7 Å². The number of aromatic nitrogens is 3. The number of likely N-dealkylation sites (tertiary alicyclic amines) is 2. The predicted octanol–water partition coefficient (Wildman–Crippen LogP) is 9.57. The molecule has 6 aromatic rings. The molecule has 2 saturated heterocycles. The van der Waals surface area contributed by atoms with Crippen LogP contribution in [0.3, 0.4) is 0 Å². The van der Waals surface area contributed by atoms with E-state index < -0.39 is 47.1 Å². The van der Waals surface area contributed by atoms with E-state index in [4.69, 9.17) is 19.2 Å². The van der Waals surface area contributed by atoms with Crippen molar-refractivity contribution in [3.8, 4) is 16.2 Å². The molecule has 412 valence electrons. The highest BCUT2D eigenvalue weighted by Crippen LogP contribution is 2.43. The Morgan fingerprint density at radius 3 is 2.38 bits per heavy atom. The lowest BCUT2D eigenvalue weighted by Gasteiger charge is -2.36. The van der Waals surface area contributed by atoms with Crippen molar-refractivity contribution in [3.05, 3.63) is 97.6 Å². The standard InChI is InChI=1S/C59H73BrFN7O8S/c1-36-21-31-77-51(36)39-17-15-38(16-18-39)44(62-53(70)48-32-41(69)35-66(48)55(72)52(58(2,3)4)63-56(73)59(61)22-23-59)13-9-24-65-25-19-37(20-26-65)42-33-46-47(34-49(42)76-30-29-75-28-27-74-5)68-45-14-8-12-43(60)50(45)54(71)64-57(68)67(46)40-10-6-7-11-40/h8,12,14-18,21,31,33-34,37,40-41,44,48,52,69H,6-7,9-11,13,19-20,22-30,32,35H2,1-5H3,(H,62,70)(H,63,73)/t41-,44+,48+,52-/m1/s1. The van der Waals surface area contributed by atoms with Gasteiger partial charge in [0.2, 0.25) is 17.6 Å². The van der Waals surface area contributed by atoms with Crippen LogP contribution < -0.4 is 20.9 Å². The summed E-state index contributed by atoms with van der Waals surface area (Å²) >= 11 is 5.33. The smallest absolute Gasteiger partial charge is 0.283 e. The Morgan fingerprint density at radius 1 is 0.948 bits per heavy atom. The van der Waals surface area contributed by atoms with E-state index in [0.717, 1.165) is 104 Å². The number of nitrogens with one attached hydrogen (secondary N) is 2. The Bertz CT molecular complexity index is 3170. The second-order valence-electron chi connectivity index (χ2n) is 22.8. The third-order valence-electron chi connectivity index (χ3n) is 16.4. The van der Waals surface area contributed by atoms with Gasteiger partial charge in [0.1, 0.15) is 24.4 Å². The van der Waals surface area contributed by atoms with Crippen LogP contribution in [0.25, 0.3) is 38.2 Å². The number of β-amino-alcohol motifs (C(OH)–C–C–N with tert-alkyl or cyclic N) is 1. The molecule has 0 unspecified atom stereocenters. The number of amides is 3. The lowest BCUT2D eigenvalue weighted by molar-refractivity contribution is -0.145. The normalized spacial score (nSPS) is 20.1. The van der Waals surface area contributed by atoms with E-state index in [-0.39, 0.29) is 49.2 Å². The molecule has 0 radical (unpaired) electrons. The summed E-state index contributed by atoms with van der Waals surface area (Å²) < 4.78 is 37.8. The number of imidazole rings is 1. The van der Waals surface area contributed by atoms with E-state index in [0.29, 0.717) is 48.5 Å². The van der Waals surface area contributed by atoms with Crippen molar-refractivity contribution in [1.29, 1.82) is 0 Å². The number of hydrogen-bond donors (Lipinski definition) is 3. The molecule has 0 bridgehead atoms. The van der Waals surface area contributed by atoms with Crippen molar-refractivity contribution in [2.45, 2.75) is 140 Å². The molecular weight excluding hydrogens is 1070 g/mol. The van der Waals surface area contributed by atoms with Gasteiger partial charge in [0, 0.05) is 41.5 Å². The van der Waals surface area contributed by atoms with Crippen LogP contribution in [-0.4, -0.2) is 130 Å². The minimum atomic E-state index is -1.98. The first-order valence-corrected chi connectivity index (χ1v) is 29.2. The Balaban J connectivity index is 0.875. The van der Waals surface area contributed by atoms with Crippen LogP contribution in [-0.2, 0) is 23.9 Å². The first-order valence-electron chi connectivity index (χ1n) is 27.6. The van der Waals surface area contributed by atoms with E-state index in [1.54, 1.807) is 39.2 Å². The number of halogens is 2. The number of carbonyl (C=O) groups is 3. The first-order chi connectivity index (χ1) is 37.0. The average Bonchev–Trinajstić information content (AvgIpc) is 4.02. The van der Waals surface area contributed by atoms with Crippen LogP contribution >= 0.6 is 27.3 Å². The average molecular weight is 1140 g/mol. The molecule has 2 aliphatic carbocycles. The van der Waals surface area contributed by atoms with Gasteiger partial charge in [-0.05, 0) is 157 Å². The number of aliphatic hydroxyl groups excluding tert-OH is 1. The largest absolute Gasteiger partial charge is 0.491 e. The zero-order chi connectivity index (χ0) is 54.2. The van der Waals surface area contributed by atoms with Crippen molar-refractivity contribution < 1.29 is 38.1 Å². The molecule has 77 heavy (non-hydrogen) atoms. The van der Waals surface area contributed by atoms with Gasteiger partial charge in [-0.25, -0.2) is 4.39 Å². The minimum Gasteiger partial charge on any atom is -0.491 e. The Kier molecular flexibility index (Phi) is 16.6. The first kappa shape index (κ1) is 55.1. The lowest BCUT2D eigenvalue weighted by Crippen LogP contribution is -2.59. The molecule has 3 N–H and O–H groups in total. The van der Waals surface area contributed by atoms with Gasteiger partial charge in [0.15, 0.2) is 5.67 Å². The van der Waals surface area contributed by atoms with Gasteiger partial charge >= 0.3 is 0 Å². The maximum absolute atomic E-state index is 14.9. The fraction of sp³-hybridized carbons (Fsp3) is 0.542. The highest BCUT2D eigenvalue weighted by molar-refractivity contribution is 9.10. The second-order valence-corrected chi connectivity index (χ2v) is 24.6. The van der Waals surface area contributed by atoms with Crippen molar-refractivity contribution in [3.63, 3.8) is 0 Å². The fourth-order valence-electron chi connectivity index (χ4n) is 11.9. The molecule has 0 spiro atoms. The van der Waals surface area contributed by atoms with Gasteiger partial charge in [0.05, 0.1) is 53.9 Å². The van der Waals surface area contributed by atoms with Crippen molar-refractivity contribution in [1.82, 2.24) is 34.4 Å². The summed E-state index contributed by atoms with van der Waals surface area (Å²) in [7, 11) is 1.65. The number of thiophene rings is 1. The van der Waals surface area contributed by atoms with Crippen LogP contribution in [0.2, 0.25) is 0 Å². The van der Waals surface area contributed by atoms with Crippen LogP contribution in [0.1, 0.15) is 126 Å². The van der Waals surface area contributed by atoms with E-state index in [2.05, 4.69) is 95.2 Å². The van der Waals surface area contributed by atoms with Gasteiger partial charge in [-0.15, -0.1) is 11.3 Å². The molecule has 4 aliphatic rings. The lowest BCUT2D eigenvalue weighted by atomic mass is 9.85. The Hall–Kier alpha value is -5.24. The molecule has 2 saturated carbocycles. The summed E-state index contributed by atoms with van der Waals surface area (Å²) in [6.45, 7) is 11.7. The van der Waals surface area contributed by atoms with Gasteiger partial charge in [-0.2, -0.15) is 4.98 Å².